The Morgan fingerprint density at radius 2 is 2.38 bits per heavy atom. The van der Waals surface area contributed by atoms with Crippen molar-refractivity contribution in [1.29, 1.82) is 0 Å². The molecule has 4 nitrogen and oxygen atoms in total. The van der Waals surface area contributed by atoms with Gasteiger partial charge in [0, 0.05) is 41.6 Å². The van der Waals surface area contributed by atoms with Gasteiger partial charge in [-0.25, -0.2) is 4.98 Å². The standard InChI is InChI=1S/C11H21N3OS/c1-4-5-12-6-11-7-13-9-14(11)8-10(2)16(3)15/h7,9-10,12H,4-6,8H2,1-3H3. The summed E-state index contributed by atoms with van der Waals surface area (Å²) >= 11 is 0. The van der Waals surface area contributed by atoms with Crippen molar-refractivity contribution in [3.8, 4) is 0 Å². The van der Waals surface area contributed by atoms with Crippen LogP contribution in [0.5, 0.6) is 0 Å². The first-order valence-corrected chi connectivity index (χ1v) is 7.29. The van der Waals surface area contributed by atoms with Gasteiger partial charge >= 0.3 is 0 Å². The summed E-state index contributed by atoms with van der Waals surface area (Å²) < 4.78 is 13.4. The van der Waals surface area contributed by atoms with Crippen LogP contribution in [-0.2, 0) is 23.9 Å². The van der Waals surface area contributed by atoms with Crippen LogP contribution in [0.3, 0.4) is 0 Å². The van der Waals surface area contributed by atoms with Gasteiger partial charge < -0.3 is 9.88 Å². The molecule has 1 N–H and O–H groups in total. The van der Waals surface area contributed by atoms with E-state index in [4.69, 9.17) is 0 Å². The van der Waals surface area contributed by atoms with Crippen LogP contribution >= 0.6 is 0 Å². The van der Waals surface area contributed by atoms with Crippen molar-refractivity contribution in [2.75, 3.05) is 12.8 Å². The average Bonchev–Trinajstić information content (AvgIpc) is 2.66. The van der Waals surface area contributed by atoms with Crippen LogP contribution in [-0.4, -0.2) is 31.8 Å². The van der Waals surface area contributed by atoms with Gasteiger partial charge in [-0.2, -0.15) is 0 Å². The van der Waals surface area contributed by atoms with Crippen molar-refractivity contribution >= 4 is 10.8 Å². The third kappa shape index (κ3) is 4.06. The molecule has 2 unspecified atom stereocenters. The van der Waals surface area contributed by atoms with Crippen molar-refractivity contribution in [2.24, 2.45) is 0 Å². The molecule has 0 aliphatic rings. The zero-order chi connectivity index (χ0) is 12.0. The molecule has 0 amide bonds. The second-order valence-corrected chi connectivity index (χ2v) is 5.83. The highest BCUT2D eigenvalue weighted by atomic mass is 32.2. The van der Waals surface area contributed by atoms with Crippen LogP contribution in [0.15, 0.2) is 12.5 Å². The predicted molar refractivity (Wildman–Crippen MR) is 67.8 cm³/mol. The molecule has 16 heavy (non-hydrogen) atoms. The normalized spacial score (nSPS) is 14.9. The minimum absolute atomic E-state index is 0.166. The molecule has 0 fully saturated rings. The Kier molecular flexibility index (Phi) is 5.69. The molecule has 0 saturated carbocycles. The Labute approximate surface area is 99.9 Å². The van der Waals surface area contributed by atoms with Gasteiger partial charge in [-0.1, -0.05) is 6.92 Å². The van der Waals surface area contributed by atoms with E-state index in [0.29, 0.717) is 0 Å². The minimum Gasteiger partial charge on any atom is -0.332 e. The van der Waals surface area contributed by atoms with Gasteiger partial charge in [-0.05, 0) is 19.9 Å². The Hall–Kier alpha value is -0.680. The topological polar surface area (TPSA) is 46.9 Å². The predicted octanol–water partition coefficient (Wildman–Crippen LogP) is 1.15. The van der Waals surface area contributed by atoms with Crippen LogP contribution in [0.4, 0.5) is 0 Å². The highest BCUT2D eigenvalue weighted by Gasteiger charge is 2.09. The molecule has 2 atom stereocenters. The molecule has 0 aliphatic heterocycles. The maximum Gasteiger partial charge on any atom is 0.0948 e. The number of hydrogen-bond acceptors (Lipinski definition) is 3. The molecule has 0 aromatic carbocycles. The number of nitrogens with zero attached hydrogens (tertiary/aromatic N) is 2. The van der Waals surface area contributed by atoms with E-state index in [1.165, 1.54) is 0 Å². The number of hydrogen-bond donors (Lipinski definition) is 1. The van der Waals surface area contributed by atoms with E-state index in [0.717, 1.165) is 31.7 Å². The van der Waals surface area contributed by atoms with Gasteiger partial charge in [0.15, 0.2) is 0 Å². The molecule has 5 heteroatoms. The molecule has 0 bridgehead atoms. The Balaban J connectivity index is 2.53. The highest BCUT2D eigenvalue weighted by molar-refractivity contribution is 7.84. The summed E-state index contributed by atoms with van der Waals surface area (Å²) in [5, 5.41) is 3.51. The molecule has 1 aromatic heterocycles. The molecule has 1 aromatic rings. The van der Waals surface area contributed by atoms with Gasteiger partial charge in [0.05, 0.1) is 12.0 Å². The van der Waals surface area contributed by atoms with Gasteiger partial charge in [0.2, 0.25) is 0 Å². The summed E-state index contributed by atoms with van der Waals surface area (Å²) in [6, 6.07) is 0. The first kappa shape index (κ1) is 13.4. The number of nitrogens with one attached hydrogen (secondary N) is 1. The van der Waals surface area contributed by atoms with Crippen LogP contribution in [0, 0.1) is 0 Å². The first-order valence-electron chi connectivity index (χ1n) is 5.67. The SMILES string of the molecule is CCCNCc1cncn1CC(C)S(C)=O. The van der Waals surface area contributed by atoms with Crippen molar-refractivity contribution < 1.29 is 4.21 Å². The molecule has 1 rings (SSSR count). The maximum absolute atomic E-state index is 11.3. The summed E-state index contributed by atoms with van der Waals surface area (Å²) in [5.41, 5.74) is 1.16. The van der Waals surface area contributed by atoms with E-state index in [1.54, 1.807) is 6.26 Å². The average molecular weight is 243 g/mol. The van der Waals surface area contributed by atoms with Crippen molar-refractivity contribution in [3.63, 3.8) is 0 Å². The van der Waals surface area contributed by atoms with Crippen LogP contribution in [0.1, 0.15) is 26.0 Å². The van der Waals surface area contributed by atoms with Gasteiger partial charge in [0.25, 0.3) is 0 Å². The number of rotatable bonds is 7. The Bertz CT molecular complexity index is 338. The number of imidazole rings is 1. The molecule has 0 aliphatic carbocycles. The van der Waals surface area contributed by atoms with Gasteiger partial charge in [0.1, 0.15) is 0 Å². The van der Waals surface area contributed by atoms with E-state index in [-0.39, 0.29) is 5.25 Å². The third-order valence-electron chi connectivity index (χ3n) is 2.55. The lowest BCUT2D eigenvalue weighted by molar-refractivity contribution is 0.594. The Morgan fingerprint density at radius 3 is 3.00 bits per heavy atom. The van der Waals surface area contributed by atoms with E-state index in [2.05, 4.69) is 21.8 Å². The fourth-order valence-corrected chi connectivity index (χ4v) is 1.81. The molecule has 0 saturated heterocycles. The zero-order valence-corrected chi connectivity index (χ0v) is 11.1. The largest absolute Gasteiger partial charge is 0.332 e. The fourth-order valence-electron chi connectivity index (χ4n) is 1.43. The van der Waals surface area contributed by atoms with Crippen LogP contribution in [0.25, 0.3) is 0 Å². The molecular formula is C11H21N3OS. The van der Waals surface area contributed by atoms with E-state index >= 15 is 0 Å². The summed E-state index contributed by atoms with van der Waals surface area (Å²) in [6.45, 7) is 6.76. The molecule has 0 spiro atoms. The molecule has 0 radical (unpaired) electrons. The van der Waals surface area contributed by atoms with Gasteiger partial charge in [-0.15, -0.1) is 0 Å². The smallest absolute Gasteiger partial charge is 0.0948 e. The quantitative estimate of drug-likeness (QED) is 0.731. The van der Waals surface area contributed by atoms with Gasteiger partial charge in [-0.3, -0.25) is 4.21 Å². The lowest BCUT2D eigenvalue weighted by Gasteiger charge is -2.12. The summed E-state index contributed by atoms with van der Waals surface area (Å²) in [4.78, 5) is 4.14. The summed E-state index contributed by atoms with van der Waals surface area (Å²) in [5.74, 6) is 0. The van der Waals surface area contributed by atoms with Crippen LogP contribution < -0.4 is 5.32 Å². The lowest BCUT2D eigenvalue weighted by atomic mass is 10.4. The minimum atomic E-state index is -0.780. The zero-order valence-electron chi connectivity index (χ0n) is 10.3. The fraction of sp³-hybridized carbons (Fsp3) is 0.727. The molecular weight excluding hydrogens is 222 g/mol. The first-order chi connectivity index (χ1) is 7.65. The third-order valence-corrected chi connectivity index (χ3v) is 3.83. The number of aromatic nitrogens is 2. The molecule has 92 valence electrons. The summed E-state index contributed by atoms with van der Waals surface area (Å²) in [7, 11) is -0.780. The summed E-state index contributed by atoms with van der Waals surface area (Å²) in [6.07, 6.45) is 6.56. The van der Waals surface area contributed by atoms with Crippen molar-refractivity contribution in [2.45, 2.75) is 38.6 Å². The van der Waals surface area contributed by atoms with Crippen LogP contribution in [0.2, 0.25) is 0 Å². The van der Waals surface area contributed by atoms with Crippen molar-refractivity contribution in [1.82, 2.24) is 14.9 Å². The van der Waals surface area contributed by atoms with E-state index in [9.17, 15) is 4.21 Å². The second-order valence-electron chi connectivity index (χ2n) is 4.02. The monoisotopic (exact) mass is 243 g/mol. The lowest BCUT2D eigenvalue weighted by Crippen LogP contribution is -2.21. The maximum atomic E-state index is 11.3. The van der Waals surface area contributed by atoms with E-state index in [1.807, 2.05) is 19.4 Å². The van der Waals surface area contributed by atoms with Crippen molar-refractivity contribution in [3.05, 3.63) is 18.2 Å². The second kappa shape index (κ2) is 6.81. The Morgan fingerprint density at radius 1 is 1.62 bits per heavy atom. The highest BCUT2D eigenvalue weighted by Crippen LogP contribution is 2.04. The van der Waals surface area contributed by atoms with E-state index < -0.39 is 10.8 Å². The molecule has 1 heterocycles.